The molecule has 0 aliphatic carbocycles. The Balaban J connectivity index is 1.97. The van der Waals surface area contributed by atoms with Crippen molar-refractivity contribution in [3.8, 4) is 0 Å². The van der Waals surface area contributed by atoms with Crippen LogP contribution in [0.25, 0.3) is 0 Å². The summed E-state index contributed by atoms with van der Waals surface area (Å²) in [5.41, 5.74) is 7.06. The zero-order valence-electron chi connectivity index (χ0n) is 10.6. The highest BCUT2D eigenvalue weighted by Crippen LogP contribution is 2.27. The zero-order chi connectivity index (χ0) is 15.4. The number of carbonyl (C=O) groups is 1. The number of nitrogens with zero attached hydrogens (tertiary/aromatic N) is 1. The van der Waals surface area contributed by atoms with Gasteiger partial charge in [0.25, 0.3) is 0 Å². The van der Waals surface area contributed by atoms with Crippen molar-refractivity contribution in [3.63, 3.8) is 0 Å². The normalized spacial score (nSPS) is 10.4. The summed E-state index contributed by atoms with van der Waals surface area (Å²) in [6.45, 7) is 0. The molecule has 110 valence electrons. The summed E-state index contributed by atoms with van der Waals surface area (Å²) in [6.07, 6.45) is 1.59. The molecule has 1 aromatic heterocycles. The van der Waals surface area contributed by atoms with Gasteiger partial charge in [0.05, 0.1) is 28.4 Å². The van der Waals surface area contributed by atoms with Crippen LogP contribution in [0.15, 0.2) is 35.5 Å². The molecule has 0 radical (unpaired) electrons. The lowest BCUT2D eigenvalue weighted by molar-refractivity contribution is -0.113. The minimum absolute atomic E-state index is 0.0457. The van der Waals surface area contributed by atoms with Crippen LogP contribution in [0.1, 0.15) is 0 Å². The van der Waals surface area contributed by atoms with Gasteiger partial charge in [-0.15, -0.1) is 0 Å². The molecule has 0 unspecified atom stereocenters. The van der Waals surface area contributed by atoms with Gasteiger partial charge in [-0.3, -0.25) is 4.79 Å². The molecule has 21 heavy (non-hydrogen) atoms. The summed E-state index contributed by atoms with van der Waals surface area (Å²) in [7, 11) is 0. The first-order valence-corrected chi connectivity index (χ1v) is 9.96. The summed E-state index contributed by atoms with van der Waals surface area (Å²) in [5.74, 6) is 0.269. The second-order valence-corrected chi connectivity index (χ2v) is 8.58. The van der Waals surface area contributed by atoms with E-state index in [1.54, 1.807) is 12.3 Å². The van der Waals surface area contributed by atoms with Crippen LogP contribution in [0, 0.1) is 10.7 Å². The molecule has 0 atom stereocenters. The van der Waals surface area contributed by atoms with Crippen LogP contribution in [0.4, 0.5) is 11.4 Å². The van der Waals surface area contributed by atoms with E-state index in [-0.39, 0.29) is 5.91 Å². The van der Waals surface area contributed by atoms with Gasteiger partial charge in [0, 0.05) is 10.7 Å². The third kappa shape index (κ3) is 5.39. The van der Waals surface area contributed by atoms with Crippen molar-refractivity contribution in [3.05, 3.63) is 41.2 Å². The van der Waals surface area contributed by atoms with E-state index in [0.717, 1.165) is 21.4 Å². The molecule has 0 saturated carbocycles. The minimum atomic E-state index is -0.0457. The minimum Gasteiger partial charge on any atom is -0.397 e. The number of aromatic nitrogens is 1. The summed E-state index contributed by atoms with van der Waals surface area (Å²) in [4.78, 5) is 16.2. The number of carbonyl (C=O) groups excluding carboxylic acids is 1. The lowest BCUT2D eigenvalue weighted by Gasteiger charge is -2.10. The van der Waals surface area contributed by atoms with Crippen molar-refractivity contribution in [1.29, 1.82) is 0 Å². The maximum atomic E-state index is 12.0. The molecule has 1 amide bonds. The first-order valence-electron chi connectivity index (χ1n) is 5.74. The number of amides is 1. The predicted octanol–water partition coefficient (Wildman–Crippen LogP) is 4.21. The molecule has 4 nitrogen and oxygen atoms in total. The molecule has 3 N–H and O–H groups in total. The van der Waals surface area contributed by atoms with E-state index < -0.39 is 0 Å². The van der Waals surface area contributed by atoms with E-state index in [1.165, 1.54) is 11.8 Å². The summed E-state index contributed by atoms with van der Waals surface area (Å²) >= 11 is 8.11. The van der Waals surface area contributed by atoms with Crippen LogP contribution in [0.5, 0.6) is 0 Å². The van der Waals surface area contributed by atoms with Crippen LogP contribution in [-0.2, 0) is 4.79 Å². The number of hydrogen-bond acceptors (Lipinski definition) is 4. The number of hydrogen-bond donors (Lipinski definition) is 2. The van der Waals surface area contributed by atoms with E-state index in [2.05, 4.69) is 78.1 Å². The van der Waals surface area contributed by atoms with Crippen molar-refractivity contribution in [2.75, 3.05) is 16.8 Å². The van der Waals surface area contributed by atoms with Gasteiger partial charge in [0.15, 0.2) is 0 Å². The first kappa shape index (κ1) is 17.5. The van der Waals surface area contributed by atoms with Crippen LogP contribution < -0.4 is 11.1 Å². The zero-order valence-corrected chi connectivity index (χ0v) is 17.9. The number of rotatable bonds is 4. The highest BCUT2D eigenvalue weighted by Gasteiger charge is 2.11. The second-order valence-electron chi connectivity index (χ2n) is 4.01. The fraction of sp³-hybridized carbons (Fsp3) is 0.0769. The molecule has 2 rings (SSSR count). The van der Waals surface area contributed by atoms with Crippen molar-refractivity contribution in [1.82, 2.24) is 4.98 Å². The Morgan fingerprint density at radius 2 is 1.90 bits per heavy atom. The molecule has 1 aromatic carbocycles. The Morgan fingerprint density at radius 3 is 2.48 bits per heavy atom. The molecule has 0 aliphatic heterocycles. The quantitative estimate of drug-likeness (QED) is 0.390. The number of thioether (sulfide) groups is 1. The van der Waals surface area contributed by atoms with Gasteiger partial charge in [0.2, 0.25) is 5.91 Å². The monoisotopic (exact) mass is 637 g/mol. The second kappa shape index (κ2) is 8.15. The predicted molar refractivity (Wildman–Crippen MR) is 113 cm³/mol. The molecule has 0 bridgehead atoms. The van der Waals surface area contributed by atoms with E-state index in [1.807, 2.05) is 18.2 Å². The Morgan fingerprint density at radius 1 is 1.24 bits per heavy atom. The number of pyridine rings is 1. The first-order chi connectivity index (χ1) is 9.95. The fourth-order valence-corrected chi connectivity index (χ4v) is 5.95. The number of nitrogens with two attached hydrogens (primary N) is 1. The maximum absolute atomic E-state index is 12.0. The molecule has 8 heteroatoms. The summed E-state index contributed by atoms with van der Waals surface area (Å²) in [5, 5.41) is 3.74. The highest BCUT2D eigenvalue weighted by molar-refractivity contribution is 14.1. The molecule has 1 heterocycles. The third-order valence-electron chi connectivity index (χ3n) is 2.38. The molecule has 0 saturated heterocycles. The van der Waals surface area contributed by atoms with Gasteiger partial charge in [-0.25, -0.2) is 4.98 Å². The van der Waals surface area contributed by atoms with Gasteiger partial charge >= 0.3 is 0 Å². The van der Waals surface area contributed by atoms with Crippen molar-refractivity contribution in [2.24, 2.45) is 0 Å². The molecule has 0 aliphatic rings. The molecule has 0 spiro atoms. The van der Waals surface area contributed by atoms with Crippen molar-refractivity contribution >= 4 is 96.8 Å². The Kier molecular flexibility index (Phi) is 6.80. The Labute approximate surface area is 167 Å². The van der Waals surface area contributed by atoms with Crippen LogP contribution in [0.3, 0.4) is 0 Å². The highest BCUT2D eigenvalue weighted by atomic mass is 127. The Bertz CT molecular complexity index is 641. The third-order valence-corrected chi connectivity index (χ3v) is 5.65. The average Bonchev–Trinajstić information content (AvgIpc) is 2.42. The smallest absolute Gasteiger partial charge is 0.234 e. The fourth-order valence-electron chi connectivity index (χ4n) is 1.45. The molecule has 2 aromatic rings. The number of benzene rings is 1. The van der Waals surface area contributed by atoms with Crippen molar-refractivity contribution in [2.45, 2.75) is 5.03 Å². The maximum Gasteiger partial charge on any atom is 0.234 e. The molecule has 0 fully saturated rings. The van der Waals surface area contributed by atoms with Crippen LogP contribution in [-0.4, -0.2) is 16.6 Å². The lowest BCUT2D eigenvalue weighted by Crippen LogP contribution is -2.16. The number of anilines is 2. The van der Waals surface area contributed by atoms with E-state index in [9.17, 15) is 4.79 Å². The van der Waals surface area contributed by atoms with Gasteiger partial charge < -0.3 is 11.1 Å². The summed E-state index contributed by atoms with van der Waals surface area (Å²) < 4.78 is 3.22. The molecular formula is C13H10I3N3OS. The van der Waals surface area contributed by atoms with E-state index in [4.69, 9.17) is 5.73 Å². The van der Waals surface area contributed by atoms with Crippen molar-refractivity contribution < 1.29 is 4.79 Å². The topological polar surface area (TPSA) is 68.0 Å². The average molecular weight is 637 g/mol. The Hall–Kier alpha value is 0.180. The standard InChI is InChI=1S/C13H10I3N3OS/c14-7-3-9(15)13(10(16)4-7)19-11(20)6-21-12-2-1-8(17)5-18-12/h1-5H,6,17H2,(H,19,20). The SMILES string of the molecule is Nc1ccc(SCC(=O)Nc2c(I)cc(I)cc2I)nc1. The summed E-state index contributed by atoms with van der Waals surface area (Å²) in [6, 6.07) is 7.66. The van der Waals surface area contributed by atoms with E-state index >= 15 is 0 Å². The van der Waals surface area contributed by atoms with Crippen LogP contribution in [0.2, 0.25) is 0 Å². The van der Waals surface area contributed by atoms with Gasteiger partial charge in [0.1, 0.15) is 0 Å². The van der Waals surface area contributed by atoms with Gasteiger partial charge in [-0.1, -0.05) is 11.8 Å². The molecular weight excluding hydrogens is 627 g/mol. The lowest BCUT2D eigenvalue weighted by atomic mass is 10.3. The number of nitrogen functional groups attached to an aromatic ring is 1. The number of nitrogens with one attached hydrogen (secondary N) is 1. The van der Waals surface area contributed by atoms with Crippen LogP contribution >= 0.6 is 79.5 Å². The van der Waals surface area contributed by atoms with Gasteiger partial charge in [-0.2, -0.15) is 0 Å². The largest absolute Gasteiger partial charge is 0.397 e. The van der Waals surface area contributed by atoms with E-state index in [0.29, 0.717) is 11.4 Å². The number of halogens is 3. The van der Waals surface area contributed by atoms with Gasteiger partial charge in [-0.05, 0) is 92.0 Å².